The third-order valence-corrected chi connectivity index (χ3v) is 8.95. The van der Waals surface area contributed by atoms with Crippen LogP contribution in [0, 0.1) is 28.1 Å². The van der Waals surface area contributed by atoms with Crippen molar-refractivity contribution >= 4 is 5.97 Å². The van der Waals surface area contributed by atoms with Crippen molar-refractivity contribution in [3.63, 3.8) is 0 Å². The molecule has 3 saturated heterocycles. The lowest BCUT2D eigenvalue weighted by atomic mass is 9.43. The number of fused-ring (bicyclic) bond motifs is 1. The smallest absolute Gasteiger partial charge is 0.315 e. The van der Waals surface area contributed by atoms with E-state index in [4.69, 9.17) is 14.2 Å². The second kappa shape index (κ2) is 4.60. The molecule has 3 aliphatic carbocycles. The van der Waals surface area contributed by atoms with Crippen molar-refractivity contribution in [2.75, 3.05) is 13.2 Å². The fraction of sp³-hybridized carbons (Fsp3) is 0.850. The first-order valence-electron chi connectivity index (χ1n) is 9.91. The summed E-state index contributed by atoms with van der Waals surface area (Å²) in [6, 6.07) is 0. The van der Waals surface area contributed by atoms with Crippen LogP contribution in [-0.4, -0.2) is 64.7 Å². The van der Waals surface area contributed by atoms with Gasteiger partial charge in [-0.05, 0) is 30.3 Å². The molecule has 0 aromatic carbocycles. The van der Waals surface area contributed by atoms with E-state index in [-0.39, 0.29) is 42.1 Å². The van der Waals surface area contributed by atoms with Crippen molar-refractivity contribution in [3.05, 3.63) is 12.2 Å². The van der Waals surface area contributed by atoms with Crippen LogP contribution in [0.2, 0.25) is 0 Å². The number of hydrogen-bond donors (Lipinski definition) is 3. The summed E-state index contributed by atoms with van der Waals surface area (Å²) in [5, 5.41) is 33.3. The molecule has 7 nitrogen and oxygen atoms in total. The second-order valence-electron chi connectivity index (χ2n) is 10.1. The van der Waals surface area contributed by atoms with Crippen LogP contribution in [-0.2, 0) is 19.0 Å². The number of carbonyl (C=O) groups excluding carboxylic acids is 1. The van der Waals surface area contributed by atoms with Gasteiger partial charge in [0.1, 0.15) is 11.5 Å². The Morgan fingerprint density at radius 2 is 1.93 bits per heavy atom. The van der Waals surface area contributed by atoms with Gasteiger partial charge in [0, 0.05) is 23.7 Å². The zero-order chi connectivity index (χ0) is 19.0. The van der Waals surface area contributed by atoms with Gasteiger partial charge in [0.2, 0.25) is 0 Å². The van der Waals surface area contributed by atoms with E-state index in [1.54, 1.807) is 0 Å². The number of esters is 1. The Balaban J connectivity index is 1.59. The molecule has 0 radical (unpaired) electrons. The van der Waals surface area contributed by atoms with Crippen LogP contribution in [0.3, 0.4) is 0 Å². The Bertz CT molecular complexity index is 767. The minimum atomic E-state index is -1.44. The molecule has 2 spiro atoms. The molecular weight excluding hydrogens is 352 g/mol. The fourth-order valence-corrected chi connectivity index (χ4v) is 7.99. The third-order valence-electron chi connectivity index (χ3n) is 8.95. The molecule has 3 aliphatic heterocycles. The van der Waals surface area contributed by atoms with Crippen molar-refractivity contribution in [1.82, 2.24) is 0 Å². The Hall–Kier alpha value is -0.990. The van der Waals surface area contributed by atoms with E-state index in [0.717, 1.165) is 6.42 Å². The van der Waals surface area contributed by atoms with Crippen molar-refractivity contribution in [2.45, 2.75) is 62.8 Å². The first-order valence-corrected chi connectivity index (χ1v) is 9.91. The predicted molar refractivity (Wildman–Crippen MR) is 90.1 cm³/mol. The highest BCUT2D eigenvalue weighted by atomic mass is 16.7. The quantitative estimate of drug-likeness (QED) is 0.406. The Kier molecular flexibility index (Phi) is 2.88. The molecule has 10 atom stereocenters. The van der Waals surface area contributed by atoms with Crippen LogP contribution in [0.5, 0.6) is 0 Å². The average molecular weight is 378 g/mol. The van der Waals surface area contributed by atoms with E-state index in [9.17, 15) is 20.1 Å². The lowest BCUT2D eigenvalue weighted by Crippen LogP contribution is -2.71. The van der Waals surface area contributed by atoms with E-state index < -0.39 is 40.5 Å². The molecule has 0 amide bonds. The molecule has 6 fully saturated rings. The van der Waals surface area contributed by atoms with Crippen LogP contribution in [0.25, 0.3) is 0 Å². The highest BCUT2D eigenvalue weighted by Crippen LogP contribution is 2.73. The molecule has 6 aliphatic rings. The van der Waals surface area contributed by atoms with E-state index in [1.165, 1.54) is 0 Å². The molecule has 2 bridgehead atoms. The van der Waals surface area contributed by atoms with Gasteiger partial charge in [-0.1, -0.05) is 13.5 Å². The molecule has 7 heteroatoms. The van der Waals surface area contributed by atoms with Crippen LogP contribution in [0.1, 0.15) is 32.6 Å². The maximum atomic E-state index is 13.2. The van der Waals surface area contributed by atoms with Gasteiger partial charge in [-0.25, -0.2) is 0 Å². The van der Waals surface area contributed by atoms with Crippen molar-refractivity contribution < 1.29 is 34.3 Å². The van der Waals surface area contributed by atoms with Crippen LogP contribution >= 0.6 is 0 Å². The molecular formula is C20H26O7. The molecule has 0 aromatic rings. The Labute approximate surface area is 157 Å². The van der Waals surface area contributed by atoms with Gasteiger partial charge in [0.25, 0.3) is 0 Å². The topological polar surface area (TPSA) is 105 Å². The van der Waals surface area contributed by atoms with Crippen LogP contribution < -0.4 is 0 Å². The molecule has 3 saturated carbocycles. The van der Waals surface area contributed by atoms with E-state index >= 15 is 0 Å². The summed E-state index contributed by atoms with van der Waals surface area (Å²) < 4.78 is 18.0. The molecule has 0 aromatic heterocycles. The van der Waals surface area contributed by atoms with Gasteiger partial charge in [0.15, 0.2) is 6.29 Å². The van der Waals surface area contributed by atoms with E-state index in [2.05, 4.69) is 13.5 Å². The van der Waals surface area contributed by atoms with Crippen molar-refractivity contribution in [2.24, 2.45) is 28.1 Å². The number of carbonyl (C=O) groups is 1. The summed E-state index contributed by atoms with van der Waals surface area (Å²) in [6.07, 6.45) is -1.24. The molecule has 27 heavy (non-hydrogen) atoms. The zero-order valence-corrected chi connectivity index (χ0v) is 15.4. The number of hydrogen-bond acceptors (Lipinski definition) is 7. The van der Waals surface area contributed by atoms with E-state index in [1.807, 2.05) is 0 Å². The summed E-state index contributed by atoms with van der Waals surface area (Å²) in [5.74, 6) is -1.08. The van der Waals surface area contributed by atoms with Gasteiger partial charge in [-0.3, -0.25) is 4.79 Å². The molecule has 6 rings (SSSR count). The Morgan fingerprint density at radius 1 is 1.19 bits per heavy atom. The number of aliphatic hydroxyl groups is 3. The summed E-state index contributed by atoms with van der Waals surface area (Å²) in [5.41, 5.74) is -3.34. The minimum Gasteiger partial charge on any atom is -0.461 e. The summed E-state index contributed by atoms with van der Waals surface area (Å²) in [4.78, 5) is 13.2. The number of ether oxygens (including phenoxy) is 3. The number of rotatable bonds is 0. The third kappa shape index (κ3) is 1.56. The van der Waals surface area contributed by atoms with E-state index in [0.29, 0.717) is 19.6 Å². The largest absolute Gasteiger partial charge is 0.461 e. The summed E-state index contributed by atoms with van der Waals surface area (Å²) in [7, 11) is 0. The SMILES string of the molecule is C=C1[C@@H](O)[C@]23C[C@@]1(O)C[C@@H](O)[C@H]2[C@]12CO[C@@H]4OC[C@](C)(CC[C@@H]1OC3=O)[C@@H]42. The van der Waals surface area contributed by atoms with Gasteiger partial charge >= 0.3 is 5.97 Å². The first-order chi connectivity index (χ1) is 12.7. The molecule has 148 valence electrons. The Morgan fingerprint density at radius 3 is 2.70 bits per heavy atom. The van der Waals surface area contributed by atoms with Crippen LogP contribution in [0.4, 0.5) is 0 Å². The average Bonchev–Trinajstić information content (AvgIpc) is 3.20. The standard InChI is InChI=1S/C20H26O7/c1-9-14(22)19-6-18(9,24)5-10(21)12(19)20-8-26-15-13(20)17(2,7-25-15)4-3-11(20)27-16(19)23/h10-15,21-22,24H,1,3-8H2,2H3/t10-,11+,12-,13-,14-,15+,17+,18+,19+,20+/m1/s1. The normalized spacial score (nSPS) is 63.4. The highest BCUT2D eigenvalue weighted by Gasteiger charge is 2.82. The fourth-order valence-electron chi connectivity index (χ4n) is 7.99. The summed E-state index contributed by atoms with van der Waals surface area (Å²) in [6.45, 7) is 6.97. The molecule has 0 unspecified atom stereocenters. The van der Waals surface area contributed by atoms with Crippen molar-refractivity contribution in [3.8, 4) is 0 Å². The minimum absolute atomic E-state index is 0.0133. The monoisotopic (exact) mass is 378 g/mol. The lowest BCUT2D eigenvalue weighted by molar-refractivity contribution is -0.265. The number of aliphatic hydroxyl groups excluding tert-OH is 2. The second-order valence-corrected chi connectivity index (χ2v) is 10.1. The van der Waals surface area contributed by atoms with Crippen LogP contribution in [0.15, 0.2) is 12.2 Å². The molecule has 3 heterocycles. The van der Waals surface area contributed by atoms with Gasteiger partial charge < -0.3 is 29.5 Å². The zero-order valence-electron chi connectivity index (χ0n) is 15.4. The highest BCUT2D eigenvalue weighted by molar-refractivity contribution is 5.82. The van der Waals surface area contributed by atoms with Gasteiger partial charge in [-0.15, -0.1) is 0 Å². The van der Waals surface area contributed by atoms with Gasteiger partial charge in [-0.2, -0.15) is 0 Å². The maximum absolute atomic E-state index is 13.2. The molecule has 3 N–H and O–H groups in total. The summed E-state index contributed by atoms with van der Waals surface area (Å²) >= 11 is 0. The van der Waals surface area contributed by atoms with Gasteiger partial charge in [0.05, 0.1) is 31.0 Å². The maximum Gasteiger partial charge on any atom is 0.315 e. The first kappa shape index (κ1) is 16.9. The lowest BCUT2D eigenvalue weighted by Gasteiger charge is -2.63. The predicted octanol–water partition coefficient (Wildman–Crippen LogP) is 0.120. The van der Waals surface area contributed by atoms with Crippen molar-refractivity contribution in [1.29, 1.82) is 0 Å².